The predicted molar refractivity (Wildman–Crippen MR) is 53.4 cm³/mol. The number of ether oxygens (including phenoxy) is 1. The summed E-state index contributed by atoms with van der Waals surface area (Å²) in [4.78, 5) is 14.8. The summed E-state index contributed by atoms with van der Waals surface area (Å²) in [6.45, 7) is 2.47. The van der Waals surface area contributed by atoms with Crippen LogP contribution in [0, 0.1) is 0 Å². The lowest BCUT2D eigenvalue weighted by molar-refractivity contribution is -0.142. The van der Waals surface area contributed by atoms with Crippen LogP contribution in [0.2, 0.25) is 5.15 Å². The topological polar surface area (TPSA) is 44.1 Å². The van der Waals surface area contributed by atoms with Gasteiger partial charge in [0.25, 0.3) is 0 Å². The summed E-state index contributed by atoms with van der Waals surface area (Å²) in [5.74, 6) is 0.703. The lowest BCUT2D eigenvalue weighted by Gasteiger charge is -2.04. The highest BCUT2D eigenvalue weighted by atomic mass is 35.5. The zero-order valence-corrected chi connectivity index (χ0v) is 9.19. The molecular formula is C8H9ClN2O2S. The van der Waals surface area contributed by atoms with Crippen LogP contribution in [-0.2, 0) is 22.7 Å². The van der Waals surface area contributed by atoms with E-state index in [4.69, 9.17) is 16.3 Å². The SMILES string of the molecule is CC(=O)OCc1c(Cl)nc2n1CCS2. The largest absolute Gasteiger partial charge is 0.459 e. The van der Waals surface area contributed by atoms with Crippen molar-refractivity contribution in [3.63, 3.8) is 0 Å². The second-order valence-electron chi connectivity index (χ2n) is 2.91. The molecule has 0 bridgehead atoms. The fourth-order valence-electron chi connectivity index (χ4n) is 1.31. The van der Waals surface area contributed by atoms with Crippen molar-refractivity contribution in [3.8, 4) is 0 Å². The van der Waals surface area contributed by atoms with E-state index in [1.54, 1.807) is 11.8 Å². The van der Waals surface area contributed by atoms with Gasteiger partial charge in [-0.3, -0.25) is 4.79 Å². The number of fused-ring (bicyclic) bond motifs is 1. The fourth-order valence-corrected chi connectivity index (χ4v) is 2.57. The Balaban J connectivity index is 2.20. The molecular weight excluding hydrogens is 224 g/mol. The van der Waals surface area contributed by atoms with E-state index in [1.807, 2.05) is 4.57 Å². The third-order valence-corrected chi connectivity index (χ3v) is 3.21. The van der Waals surface area contributed by atoms with E-state index in [2.05, 4.69) is 4.98 Å². The van der Waals surface area contributed by atoms with Crippen molar-refractivity contribution in [3.05, 3.63) is 10.8 Å². The van der Waals surface area contributed by atoms with Gasteiger partial charge in [0.1, 0.15) is 6.61 Å². The number of imidazole rings is 1. The van der Waals surface area contributed by atoms with Crippen LogP contribution in [0.25, 0.3) is 0 Å². The summed E-state index contributed by atoms with van der Waals surface area (Å²) in [5.41, 5.74) is 0.793. The number of esters is 1. The Morgan fingerprint density at radius 1 is 1.79 bits per heavy atom. The summed E-state index contributed by atoms with van der Waals surface area (Å²) in [6.07, 6.45) is 0. The van der Waals surface area contributed by atoms with Crippen molar-refractivity contribution in [1.29, 1.82) is 0 Å². The minimum absolute atomic E-state index is 0.210. The normalized spacial score (nSPS) is 14.1. The van der Waals surface area contributed by atoms with Crippen LogP contribution in [0.3, 0.4) is 0 Å². The standard InChI is InChI=1S/C8H9ClN2O2S/c1-5(12)13-4-6-7(9)10-8-11(6)2-3-14-8/h2-4H2,1H3. The molecule has 0 amide bonds. The van der Waals surface area contributed by atoms with Crippen molar-refractivity contribution in [2.24, 2.45) is 0 Å². The zero-order valence-electron chi connectivity index (χ0n) is 7.62. The Labute approximate surface area is 90.6 Å². The van der Waals surface area contributed by atoms with Gasteiger partial charge in [0.15, 0.2) is 10.3 Å². The van der Waals surface area contributed by atoms with Crippen molar-refractivity contribution < 1.29 is 9.53 Å². The molecule has 0 radical (unpaired) electrons. The minimum atomic E-state index is -0.303. The van der Waals surface area contributed by atoms with Gasteiger partial charge in [-0.2, -0.15) is 0 Å². The van der Waals surface area contributed by atoms with Gasteiger partial charge < -0.3 is 9.30 Å². The molecule has 0 atom stereocenters. The van der Waals surface area contributed by atoms with E-state index in [9.17, 15) is 4.79 Å². The highest BCUT2D eigenvalue weighted by molar-refractivity contribution is 7.99. The van der Waals surface area contributed by atoms with Crippen LogP contribution >= 0.6 is 23.4 Å². The monoisotopic (exact) mass is 232 g/mol. The highest BCUT2D eigenvalue weighted by Gasteiger charge is 2.21. The van der Waals surface area contributed by atoms with Gasteiger partial charge in [-0.1, -0.05) is 23.4 Å². The number of thioether (sulfide) groups is 1. The average Bonchev–Trinajstić information content (AvgIpc) is 2.61. The smallest absolute Gasteiger partial charge is 0.303 e. The van der Waals surface area contributed by atoms with Crippen molar-refractivity contribution in [2.45, 2.75) is 25.2 Å². The lowest BCUT2D eigenvalue weighted by Crippen LogP contribution is -2.05. The quantitative estimate of drug-likeness (QED) is 0.729. The van der Waals surface area contributed by atoms with Crippen molar-refractivity contribution in [2.75, 3.05) is 5.75 Å². The summed E-state index contributed by atoms with van der Waals surface area (Å²) in [7, 11) is 0. The maximum absolute atomic E-state index is 10.7. The summed E-state index contributed by atoms with van der Waals surface area (Å²) in [5, 5.41) is 1.35. The first-order chi connectivity index (χ1) is 6.68. The number of halogens is 1. The van der Waals surface area contributed by atoms with Gasteiger partial charge in [-0.15, -0.1) is 0 Å². The van der Waals surface area contributed by atoms with Gasteiger partial charge in [0.05, 0.1) is 5.69 Å². The van der Waals surface area contributed by atoms with Gasteiger partial charge in [0, 0.05) is 19.2 Å². The van der Waals surface area contributed by atoms with E-state index >= 15 is 0 Å². The van der Waals surface area contributed by atoms with Crippen LogP contribution in [0.5, 0.6) is 0 Å². The minimum Gasteiger partial charge on any atom is -0.459 e. The second-order valence-corrected chi connectivity index (χ2v) is 4.33. The van der Waals surface area contributed by atoms with E-state index in [0.717, 1.165) is 23.1 Å². The Hall–Kier alpha value is -0.680. The summed E-state index contributed by atoms with van der Waals surface area (Å²) < 4.78 is 6.89. The van der Waals surface area contributed by atoms with E-state index in [1.165, 1.54) is 6.92 Å². The van der Waals surface area contributed by atoms with Crippen LogP contribution in [0.1, 0.15) is 12.6 Å². The molecule has 76 valence electrons. The molecule has 4 nitrogen and oxygen atoms in total. The molecule has 0 N–H and O–H groups in total. The average molecular weight is 233 g/mol. The Morgan fingerprint density at radius 2 is 2.57 bits per heavy atom. The highest BCUT2D eigenvalue weighted by Crippen LogP contribution is 2.30. The number of carbonyl (C=O) groups excluding carboxylic acids is 1. The molecule has 14 heavy (non-hydrogen) atoms. The maximum atomic E-state index is 10.7. The third-order valence-electron chi connectivity index (χ3n) is 1.95. The molecule has 2 heterocycles. The number of hydrogen-bond donors (Lipinski definition) is 0. The fraction of sp³-hybridized carbons (Fsp3) is 0.500. The third kappa shape index (κ3) is 1.74. The van der Waals surface area contributed by atoms with Crippen LogP contribution in [-0.4, -0.2) is 21.3 Å². The summed E-state index contributed by atoms with van der Waals surface area (Å²) in [6, 6.07) is 0. The van der Waals surface area contributed by atoms with E-state index in [-0.39, 0.29) is 12.6 Å². The van der Waals surface area contributed by atoms with Crippen molar-refractivity contribution >= 4 is 29.3 Å². The maximum Gasteiger partial charge on any atom is 0.303 e. The number of rotatable bonds is 2. The first-order valence-electron chi connectivity index (χ1n) is 4.19. The predicted octanol–water partition coefficient (Wildman–Crippen LogP) is 1.71. The van der Waals surface area contributed by atoms with Gasteiger partial charge in [0.2, 0.25) is 0 Å². The molecule has 1 aliphatic heterocycles. The lowest BCUT2D eigenvalue weighted by atomic mass is 10.5. The Bertz CT molecular complexity index is 378. The molecule has 0 spiro atoms. The van der Waals surface area contributed by atoms with Gasteiger partial charge in [-0.25, -0.2) is 4.98 Å². The number of carbonyl (C=O) groups is 1. The summed E-state index contributed by atoms with van der Waals surface area (Å²) >= 11 is 7.57. The number of aromatic nitrogens is 2. The van der Waals surface area contributed by atoms with Crippen LogP contribution in [0.4, 0.5) is 0 Å². The molecule has 6 heteroatoms. The number of nitrogens with zero attached hydrogens (tertiary/aromatic N) is 2. The first-order valence-corrected chi connectivity index (χ1v) is 5.56. The van der Waals surface area contributed by atoms with Crippen molar-refractivity contribution in [1.82, 2.24) is 9.55 Å². The zero-order chi connectivity index (χ0) is 10.1. The molecule has 0 aliphatic carbocycles. The molecule has 1 aliphatic rings. The molecule has 0 saturated carbocycles. The second kappa shape index (κ2) is 3.82. The van der Waals surface area contributed by atoms with Gasteiger partial charge in [-0.05, 0) is 0 Å². The molecule has 0 fully saturated rings. The molecule has 1 aromatic rings. The molecule has 2 rings (SSSR count). The Morgan fingerprint density at radius 3 is 3.29 bits per heavy atom. The first kappa shape index (κ1) is 9.86. The molecule has 1 aromatic heterocycles. The number of hydrogen-bond acceptors (Lipinski definition) is 4. The van der Waals surface area contributed by atoms with Crippen LogP contribution in [0.15, 0.2) is 5.16 Å². The Kier molecular flexibility index (Phi) is 2.69. The molecule has 0 aromatic carbocycles. The molecule has 0 unspecified atom stereocenters. The molecule has 0 saturated heterocycles. The van der Waals surface area contributed by atoms with Crippen LogP contribution < -0.4 is 0 Å². The van der Waals surface area contributed by atoms with E-state index in [0.29, 0.717) is 5.15 Å². The van der Waals surface area contributed by atoms with Gasteiger partial charge >= 0.3 is 5.97 Å². The van der Waals surface area contributed by atoms with E-state index < -0.39 is 0 Å².